The Kier molecular flexibility index (Phi) is 6.67. The molecule has 126 valence electrons. The van der Waals surface area contributed by atoms with Crippen molar-refractivity contribution in [3.8, 4) is 21.0 Å². The van der Waals surface area contributed by atoms with Crippen LogP contribution in [0, 0.1) is 0 Å². The SMILES string of the molecule is CCCCCCc1ccc(-c2cc(-c3ccc(Br)s3)sc2Br)nc1. The van der Waals surface area contributed by atoms with Gasteiger partial charge in [-0.15, -0.1) is 22.7 Å². The second kappa shape index (κ2) is 8.75. The first-order valence-electron chi connectivity index (χ1n) is 8.17. The molecule has 5 heteroatoms. The molecular formula is C19H19Br2NS2. The van der Waals surface area contributed by atoms with Crippen molar-refractivity contribution in [2.45, 2.75) is 39.0 Å². The van der Waals surface area contributed by atoms with Gasteiger partial charge in [-0.3, -0.25) is 4.98 Å². The Bertz CT molecular complexity index is 790. The van der Waals surface area contributed by atoms with E-state index >= 15 is 0 Å². The highest BCUT2D eigenvalue weighted by molar-refractivity contribution is 9.11. The van der Waals surface area contributed by atoms with E-state index < -0.39 is 0 Å². The van der Waals surface area contributed by atoms with Crippen molar-refractivity contribution < 1.29 is 0 Å². The summed E-state index contributed by atoms with van der Waals surface area (Å²) in [5.41, 5.74) is 3.55. The van der Waals surface area contributed by atoms with Crippen molar-refractivity contribution in [1.29, 1.82) is 0 Å². The molecule has 0 radical (unpaired) electrons. The molecule has 0 spiro atoms. The normalized spacial score (nSPS) is 11.1. The van der Waals surface area contributed by atoms with Gasteiger partial charge in [-0.05, 0) is 74.5 Å². The van der Waals surface area contributed by atoms with E-state index in [1.165, 1.54) is 46.6 Å². The van der Waals surface area contributed by atoms with Gasteiger partial charge in [0.05, 0.1) is 13.3 Å². The number of aryl methyl sites for hydroxylation is 1. The Morgan fingerprint density at radius 2 is 1.83 bits per heavy atom. The molecular weight excluding hydrogens is 466 g/mol. The van der Waals surface area contributed by atoms with E-state index in [0.717, 1.165) is 19.7 Å². The molecule has 3 aromatic heterocycles. The van der Waals surface area contributed by atoms with Crippen LogP contribution in [0.2, 0.25) is 0 Å². The lowest BCUT2D eigenvalue weighted by Crippen LogP contribution is -1.89. The zero-order valence-electron chi connectivity index (χ0n) is 13.5. The van der Waals surface area contributed by atoms with E-state index in [2.05, 4.69) is 69.1 Å². The van der Waals surface area contributed by atoms with Crippen molar-refractivity contribution in [2.75, 3.05) is 0 Å². The molecule has 0 amide bonds. The summed E-state index contributed by atoms with van der Waals surface area (Å²) in [5.74, 6) is 0. The van der Waals surface area contributed by atoms with Crippen LogP contribution in [0.25, 0.3) is 21.0 Å². The van der Waals surface area contributed by atoms with Crippen molar-refractivity contribution in [2.24, 2.45) is 0 Å². The average molecular weight is 485 g/mol. The van der Waals surface area contributed by atoms with Crippen LogP contribution in [0.3, 0.4) is 0 Å². The summed E-state index contributed by atoms with van der Waals surface area (Å²) < 4.78 is 2.30. The number of hydrogen-bond acceptors (Lipinski definition) is 3. The lowest BCUT2D eigenvalue weighted by molar-refractivity contribution is 0.666. The van der Waals surface area contributed by atoms with E-state index in [0.29, 0.717) is 0 Å². The topological polar surface area (TPSA) is 12.9 Å². The van der Waals surface area contributed by atoms with Crippen LogP contribution in [0.1, 0.15) is 38.2 Å². The Hall–Kier alpha value is -0.490. The van der Waals surface area contributed by atoms with Gasteiger partial charge in [0.1, 0.15) is 0 Å². The van der Waals surface area contributed by atoms with Crippen LogP contribution in [0.5, 0.6) is 0 Å². The molecule has 1 nitrogen and oxygen atoms in total. The predicted octanol–water partition coefficient (Wildman–Crippen LogP) is 8.19. The first-order valence-corrected chi connectivity index (χ1v) is 11.4. The van der Waals surface area contributed by atoms with Crippen LogP contribution in [0.4, 0.5) is 0 Å². The maximum Gasteiger partial charge on any atom is 0.0799 e. The summed E-state index contributed by atoms with van der Waals surface area (Å²) in [6.07, 6.45) is 8.35. The number of rotatable bonds is 7. The number of pyridine rings is 1. The van der Waals surface area contributed by atoms with Gasteiger partial charge in [0.2, 0.25) is 0 Å². The molecule has 0 aromatic carbocycles. The smallest absolute Gasteiger partial charge is 0.0799 e. The summed E-state index contributed by atoms with van der Waals surface area (Å²) in [4.78, 5) is 7.25. The van der Waals surface area contributed by atoms with Crippen LogP contribution in [-0.2, 0) is 6.42 Å². The van der Waals surface area contributed by atoms with Crippen LogP contribution in [0.15, 0.2) is 44.1 Å². The second-order valence-corrected chi connectivity index (χ2v) is 10.6. The van der Waals surface area contributed by atoms with Crippen LogP contribution < -0.4 is 0 Å². The fourth-order valence-electron chi connectivity index (χ4n) is 2.60. The zero-order valence-corrected chi connectivity index (χ0v) is 18.3. The van der Waals surface area contributed by atoms with Gasteiger partial charge in [0, 0.05) is 21.5 Å². The molecule has 0 atom stereocenters. The molecule has 24 heavy (non-hydrogen) atoms. The third-order valence-electron chi connectivity index (χ3n) is 3.92. The highest BCUT2D eigenvalue weighted by atomic mass is 79.9. The van der Waals surface area contributed by atoms with Crippen LogP contribution >= 0.6 is 54.5 Å². The molecule has 0 saturated carbocycles. The van der Waals surface area contributed by atoms with Crippen molar-refractivity contribution >= 4 is 54.5 Å². The largest absolute Gasteiger partial charge is 0.256 e. The second-order valence-electron chi connectivity index (χ2n) is 5.76. The van der Waals surface area contributed by atoms with E-state index in [4.69, 9.17) is 4.98 Å². The van der Waals surface area contributed by atoms with Crippen molar-refractivity contribution in [3.05, 3.63) is 49.7 Å². The number of hydrogen-bond donors (Lipinski definition) is 0. The van der Waals surface area contributed by atoms with Gasteiger partial charge in [0.25, 0.3) is 0 Å². The maximum absolute atomic E-state index is 4.69. The fourth-order valence-corrected chi connectivity index (χ4v) is 5.80. The first kappa shape index (κ1) is 18.3. The van der Waals surface area contributed by atoms with Crippen LogP contribution in [-0.4, -0.2) is 4.98 Å². The third kappa shape index (κ3) is 4.57. The van der Waals surface area contributed by atoms with Gasteiger partial charge in [-0.1, -0.05) is 32.3 Å². The average Bonchev–Trinajstić information content (AvgIpc) is 3.18. The molecule has 0 N–H and O–H groups in total. The van der Waals surface area contributed by atoms with Crippen molar-refractivity contribution in [1.82, 2.24) is 4.98 Å². The number of aromatic nitrogens is 1. The fraction of sp³-hybridized carbons (Fsp3) is 0.316. The number of halogens is 2. The molecule has 0 aliphatic heterocycles. The van der Waals surface area contributed by atoms with Gasteiger partial charge in [-0.2, -0.15) is 0 Å². The molecule has 0 unspecified atom stereocenters. The lowest BCUT2D eigenvalue weighted by Gasteiger charge is -2.03. The Balaban J connectivity index is 1.73. The predicted molar refractivity (Wildman–Crippen MR) is 114 cm³/mol. The highest BCUT2D eigenvalue weighted by Gasteiger charge is 2.13. The Morgan fingerprint density at radius 1 is 0.958 bits per heavy atom. The van der Waals surface area contributed by atoms with Gasteiger partial charge >= 0.3 is 0 Å². The first-order chi connectivity index (χ1) is 11.7. The van der Waals surface area contributed by atoms with Crippen molar-refractivity contribution in [3.63, 3.8) is 0 Å². The molecule has 0 fully saturated rings. The molecule has 0 aliphatic carbocycles. The van der Waals surface area contributed by atoms with Gasteiger partial charge < -0.3 is 0 Å². The van der Waals surface area contributed by atoms with E-state index in [1.54, 1.807) is 22.7 Å². The monoisotopic (exact) mass is 483 g/mol. The molecule has 3 aromatic rings. The van der Waals surface area contributed by atoms with E-state index in [1.807, 2.05) is 6.20 Å². The number of unbranched alkanes of at least 4 members (excludes halogenated alkanes) is 3. The standard InChI is InChI=1S/C19H19Br2NS2/c1-2-3-4-5-6-13-7-8-15(22-12-13)14-11-17(24-19(14)21)16-9-10-18(20)23-16/h7-12H,2-6H2,1H3. The van der Waals surface area contributed by atoms with E-state index in [-0.39, 0.29) is 0 Å². The molecule has 0 bridgehead atoms. The highest BCUT2D eigenvalue weighted by Crippen LogP contribution is 2.42. The minimum absolute atomic E-state index is 1.04. The zero-order chi connectivity index (χ0) is 16.9. The minimum atomic E-state index is 1.04. The molecule has 3 rings (SSSR count). The minimum Gasteiger partial charge on any atom is -0.256 e. The summed E-state index contributed by atoms with van der Waals surface area (Å²) in [6.45, 7) is 2.25. The number of thiophene rings is 2. The Labute approximate surface area is 168 Å². The maximum atomic E-state index is 4.69. The number of nitrogens with zero attached hydrogens (tertiary/aromatic N) is 1. The molecule has 0 aliphatic rings. The summed E-state index contributed by atoms with van der Waals surface area (Å²) >= 11 is 10.8. The summed E-state index contributed by atoms with van der Waals surface area (Å²) in [6, 6.07) is 10.9. The van der Waals surface area contributed by atoms with Gasteiger partial charge in [-0.25, -0.2) is 0 Å². The summed E-state index contributed by atoms with van der Waals surface area (Å²) in [5, 5.41) is 0. The molecule has 3 heterocycles. The molecule has 0 saturated heterocycles. The van der Waals surface area contributed by atoms with E-state index in [9.17, 15) is 0 Å². The summed E-state index contributed by atoms with van der Waals surface area (Å²) in [7, 11) is 0. The van der Waals surface area contributed by atoms with Gasteiger partial charge in [0.15, 0.2) is 0 Å². The Morgan fingerprint density at radius 3 is 2.50 bits per heavy atom. The lowest BCUT2D eigenvalue weighted by atomic mass is 10.1. The quantitative estimate of drug-likeness (QED) is 0.308. The third-order valence-corrected chi connectivity index (χ3v) is 7.58.